The number of halogens is 2. The van der Waals surface area contributed by atoms with E-state index in [1.807, 2.05) is 0 Å². The number of carboxylic acids is 1. The Labute approximate surface area is 121 Å². The second kappa shape index (κ2) is 8.22. The standard InChI is InChI=1S/C12H14Cl2O5/c1-17-2-3-18-4-5-19-11-9(12(15)16)6-8(13)7-10(11)14/h6-7H,2-5H2,1H3,(H,15,16). The highest BCUT2D eigenvalue weighted by Gasteiger charge is 2.16. The van der Waals surface area contributed by atoms with Crippen molar-refractivity contribution >= 4 is 29.2 Å². The Bertz CT molecular complexity index is 436. The van der Waals surface area contributed by atoms with Crippen LogP contribution in [0.5, 0.6) is 5.75 Å². The zero-order valence-corrected chi connectivity index (χ0v) is 11.8. The predicted octanol–water partition coefficient (Wildman–Crippen LogP) is 2.73. The normalized spacial score (nSPS) is 10.5. The van der Waals surface area contributed by atoms with Gasteiger partial charge in [0.05, 0.1) is 24.8 Å². The first-order valence-corrected chi connectivity index (χ1v) is 6.23. The molecule has 0 aliphatic rings. The number of rotatable bonds is 8. The van der Waals surface area contributed by atoms with Crippen molar-refractivity contribution in [1.29, 1.82) is 0 Å². The minimum Gasteiger partial charge on any atom is -0.489 e. The minimum atomic E-state index is -1.15. The van der Waals surface area contributed by atoms with E-state index in [2.05, 4.69) is 0 Å². The first kappa shape index (κ1) is 16.0. The molecular formula is C12H14Cl2O5. The third kappa shape index (κ3) is 5.24. The van der Waals surface area contributed by atoms with Gasteiger partial charge in [0.25, 0.3) is 0 Å². The fraction of sp³-hybridized carbons (Fsp3) is 0.417. The van der Waals surface area contributed by atoms with Crippen LogP contribution in [0, 0.1) is 0 Å². The molecule has 0 heterocycles. The monoisotopic (exact) mass is 308 g/mol. The van der Waals surface area contributed by atoms with Crippen LogP contribution in [0.1, 0.15) is 10.4 Å². The van der Waals surface area contributed by atoms with E-state index in [9.17, 15) is 4.79 Å². The number of methoxy groups -OCH3 is 1. The molecule has 19 heavy (non-hydrogen) atoms. The largest absolute Gasteiger partial charge is 0.489 e. The summed E-state index contributed by atoms with van der Waals surface area (Å²) >= 11 is 11.7. The molecule has 0 aliphatic carbocycles. The van der Waals surface area contributed by atoms with Crippen molar-refractivity contribution in [3.8, 4) is 5.75 Å². The molecule has 0 saturated heterocycles. The summed E-state index contributed by atoms with van der Waals surface area (Å²) in [4.78, 5) is 11.1. The zero-order chi connectivity index (χ0) is 14.3. The molecule has 1 N–H and O–H groups in total. The van der Waals surface area contributed by atoms with Crippen molar-refractivity contribution in [1.82, 2.24) is 0 Å². The van der Waals surface area contributed by atoms with Gasteiger partial charge in [0.15, 0.2) is 5.75 Å². The summed E-state index contributed by atoms with van der Waals surface area (Å²) in [6, 6.07) is 2.72. The van der Waals surface area contributed by atoms with E-state index in [1.165, 1.54) is 12.1 Å². The van der Waals surface area contributed by atoms with Gasteiger partial charge in [-0.1, -0.05) is 23.2 Å². The molecule has 0 fully saturated rings. The minimum absolute atomic E-state index is 0.0746. The highest BCUT2D eigenvalue weighted by Crippen LogP contribution is 2.32. The second-order valence-electron chi connectivity index (χ2n) is 3.52. The van der Waals surface area contributed by atoms with Crippen LogP contribution >= 0.6 is 23.2 Å². The summed E-state index contributed by atoms with van der Waals surface area (Å²) in [6.07, 6.45) is 0. The van der Waals surface area contributed by atoms with Gasteiger partial charge in [-0.2, -0.15) is 0 Å². The fourth-order valence-electron chi connectivity index (χ4n) is 1.31. The zero-order valence-electron chi connectivity index (χ0n) is 10.3. The van der Waals surface area contributed by atoms with Crippen LogP contribution in [0.25, 0.3) is 0 Å². The van der Waals surface area contributed by atoms with E-state index in [4.69, 9.17) is 42.5 Å². The van der Waals surface area contributed by atoms with E-state index in [0.29, 0.717) is 19.8 Å². The van der Waals surface area contributed by atoms with Gasteiger partial charge in [0, 0.05) is 12.1 Å². The van der Waals surface area contributed by atoms with Crippen molar-refractivity contribution in [2.24, 2.45) is 0 Å². The van der Waals surface area contributed by atoms with E-state index < -0.39 is 5.97 Å². The molecular weight excluding hydrogens is 295 g/mol. The van der Waals surface area contributed by atoms with Gasteiger partial charge in [-0.25, -0.2) is 4.79 Å². The van der Waals surface area contributed by atoms with Gasteiger partial charge < -0.3 is 19.3 Å². The summed E-state index contributed by atoms with van der Waals surface area (Å²) in [5.41, 5.74) is -0.0746. The molecule has 0 saturated carbocycles. The summed E-state index contributed by atoms with van der Waals surface area (Å²) in [5.74, 6) is -1.06. The van der Waals surface area contributed by atoms with Gasteiger partial charge >= 0.3 is 5.97 Å². The predicted molar refractivity (Wildman–Crippen MR) is 71.6 cm³/mol. The molecule has 7 heteroatoms. The maximum absolute atomic E-state index is 11.1. The van der Waals surface area contributed by atoms with Gasteiger partial charge in [-0.15, -0.1) is 0 Å². The summed E-state index contributed by atoms with van der Waals surface area (Å²) in [6.45, 7) is 1.43. The van der Waals surface area contributed by atoms with E-state index in [-0.39, 0.29) is 28.0 Å². The molecule has 0 spiro atoms. The molecule has 0 unspecified atom stereocenters. The van der Waals surface area contributed by atoms with Crippen molar-refractivity contribution in [2.45, 2.75) is 0 Å². The maximum atomic E-state index is 11.1. The lowest BCUT2D eigenvalue weighted by molar-refractivity contribution is 0.0535. The van der Waals surface area contributed by atoms with E-state index in [1.54, 1.807) is 7.11 Å². The van der Waals surface area contributed by atoms with Gasteiger partial charge in [0.1, 0.15) is 12.2 Å². The molecule has 0 atom stereocenters. The Morgan fingerprint density at radius 2 is 1.89 bits per heavy atom. The SMILES string of the molecule is COCCOCCOc1c(Cl)cc(Cl)cc1C(=O)O. The number of carboxylic acid groups (broad SMARTS) is 1. The fourth-order valence-corrected chi connectivity index (χ4v) is 1.86. The average Bonchev–Trinajstić information content (AvgIpc) is 2.34. The molecule has 0 aliphatic heterocycles. The average molecular weight is 309 g/mol. The Morgan fingerprint density at radius 3 is 2.53 bits per heavy atom. The molecule has 0 radical (unpaired) electrons. The van der Waals surface area contributed by atoms with Crippen molar-refractivity contribution in [3.63, 3.8) is 0 Å². The third-order valence-corrected chi connectivity index (χ3v) is 2.64. The van der Waals surface area contributed by atoms with Crippen LogP contribution in [-0.4, -0.2) is 44.6 Å². The Hall–Kier alpha value is -1.01. The number of hydrogen-bond acceptors (Lipinski definition) is 4. The number of hydrogen-bond donors (Lipinski definition) is 1. The van der Waals surface area contributed by atoms with Crippen LogP contribution < -0.4 is 4.74 Å². The molecule has 0 bridgehead atoms. The van der Waals surface area contributed by atoms with Crippen LogP contribution in [0.15, 0.2) is 12.1 Å². The summed E-state index contributed by atoms with van der Waals surface area (Å²) in [7, 11) is 1.58. The number of ether oxygens (including phenoxy) is 3. The number of carbonyl (C=O) groups is 1. The van der Waals surface area contributed by atoms with Crippen LogP contribution in [0.4, 0.5) is 0 Å². The van der Waals surface area contributed by atoms with E-state index >= 15 is 0 Å². The van der Waals surface area contributed by atoms with Gasteiger partial charge in [-0.3, -0.25) is 0 Å². The lowest BCUT2D eigenvalue weighted by Gasteiger charge is -2.11. The third-order valence-electron chi connectivity index (χ3n) is 2.14. The molecule has 1 rings (SSSR count). The van der Waals surface area contributed by atoms with Crippen LogP contribution in [-0.2, 0) is 9.47 Å². The maximum Gasteiger partial charge on any atom is 0.339 e. The van der Waals surface area contributed by atoms with Crippen LogP contribution in [0.3, 0.4) is 0 Å². The smallest absolute Gasteiger partial charge is 0.339 e. The lowest BCUT2D eigenvalue weighted by atomic mass is 10.2. The lowest BCUT2D eigenvalue weighted by Crippen LogP contribution is -2.12. The van der Waals surface area contributed by atoms with Gasteiger partial charge in [0.2, 0.25) is 0 Å². The van der Waals surface area contributed by atoms with Crippen molar-refractivity contribution in [2.75, 3.05) is 33.5 Å². The molecule has 106 valence electrons. The number of aromatic carboxylic acids is 1. The summed E-state index contributed by atoms with van der Waals surface area (Å²) in [5, 5.41) is 9.44. The van der Waals surface area contributed by atoms with Crippen molar-refractivity contribution in [3.05, 3.63) is 27.7 Å². The highest BCUT2D eigenvalue weighted by molar-refractivity contribution is 6.36. The van der Waals surface area contributed by atoms with Crippen LogP contribution in [0.2, 0.25) is 10.0 Å². The Kier molecular flexibility index (Phi) is 6.94. The molecule has 0 aromatic heterocycles. The Morgan fingerprint density at radius 1 is 1.21 bits per heavy atom. The number of benzene rings is 1. The van der Waals surface area contributed by atoms with E-state index in [0.717, 1.165) is 0 Å². The molecule has 5 nitrogen and oxygen atoms in total. The Balaban J connectivity index is 2.59. The highest BCUT2D eigenvalue weighted by atomic mass is 35.5. The molecule has 0 amide bonds. The quantitative estimate of drug-likeness (QED) is 0.748. The van der Waals surface area contributed by atoms with Gasteiger partial charge in [-0.05, 0) is 12.1 Å². The molecule has 1 aromatic rings. The summed E-state index contributed by atoms with van der Waals surface area (Å²) < 4.78 is 15.3. The first-order valence-electron chi connectivity index (χ1n) is 5.48. The van der Waals surface area contributed by atoms with Crippen molar-refractivity contribution < 1.29 is 24.1 Å². The first-order chi connectivity index (χ1) is 9.06. The molecule has 1 aromatic carbocycles. The topological polar surface area (TPSA) is 65.0 Å². The second-order valence-corrected chi connectivity index (χ2v) is 4.37.